The fourth-order valence-electron chi connectivity index (χ4n) is 1.57. The maximum Gasteiger partial charge on any atom is 0.305 e. The molecule has 0 radical (unpaired) electrons. The summed E-state index contributed by atoms with van der Waals surface area (Å²) in [5.41, 5.74) is 6.49. The van der Waals surface area contributed by atoms with E-state index < -0.39 is 12.0 Å². The Labute approximate surface area is 112 Å². The molecule has 0 amide bonds. The molecule has 0 aliphatic heterocycles. The van der Waals surface area contributed by atoms with E-state index in [1.54, 1.807) is 25.3 Å². The summed E-state index contributed by atoms with van der Waals surface area (Å²) in [6, 6.07) is 4.57. The van der Waals surface area contributed by atoms with E-state index in [2.05, 4.69) is 0 Å². The molecule has 6 heteroatoms. The van der Waals surface area contributed by atoms with Crippen molar-refractivity contribution < 1.29 is 24.1 Å². The zero-order valence-electron chi connectivity index (χ0n) is 11.1. The number of methoxy groups -OCH3 is 2. The smallest absolute Gasteiger partial charge is 0.305 e. The van der Waals surface area contributed by atoms with E-state index in [1.165, 1.54) is 7.11 Å². The number of nitrogens with two attached hydrogens (primary N) is 1. The zero-order chi connectivity index (χ0) is 14.3. The Morgan fingerprint density at radius 1 is 1.32 bits per heavy atom. The van der Waals surface area contributed by atoms with Gasteiger partial charge < -0.3 is 25.1 Å². The van der Waals surface area contributed by atoms with Crippen molar-refractivity contribution in [1.82, 2.24) is 0 Å². The molecule has 3 N–H and O–H groups in total. The van der Waals surface area contributed by atoms with Crippen LogP contribution in [0.25, 0.3) is 0 Å². The van der Waals surface area contributed by atoms with Crippen molar-refractivity contribution in [2.45, 2.75) is 12.5 Å². The summed E-state index contributed by atoms with van der Waals surface area (Å²) in [7, 11) is 3.11. The molecule has 19 heavy (non-hydrogen) atoms. The Morgan fingerprint density at radius 3 is 2.63 bits per heavy atom. The fourth-order valence-corrected chi connectivity index (χ4v) is 1.57. The van der Waals surface area contributed by atoms with E-state index in [0.717, 1.165) is 0 Å². The molecule has 1 atom stereocenters. The van der Waals surface area contributed by atoms with Crippen molar-refractivity contribution in [2.75, 3.05) is 27.4 Å². The van der Waals surface area contributed by atoms with E-state index in [-0.39, 0.29) is 6.42 Å². The van der Waals surface area contributed by atoms with Gasteiger partial charge in [-0.3, -0.25) is 4.79 Å². The second-order valence-corrected chi connectivity index (χ2v) is 3.96. The van der Waals surface area contributed by atoms with Gasteiger partial charge in [0.05, 0.1) is 20.1 Å². The van der Waals surface area contributed by atoms with Gasteiger partial charge in [0, 0.05) is 13.2 Å². The van der Waals surface area contributed by atoms with Crippen LogP contribution in [0.2, 0.25) is 0 Å². The van der Waals surface area contributed by atoms with Crippen molar-refractivity contribution in [3.63, 3.8) is 0 Å². The van der Waals surface area contributed by atoms with Gasteiger partial charge in [-0.25, -0.2) is 0 Å². The molecule has 6 nitrogen and oxygen atoms in total. The van der Waals surface area contributed by atoms with E-state index in [4.69, 9.17) is 25.1 Å². The van der Waals surface area contributed by atoms with Crippen LogP contribution in [-0.4, -0.2) is 38.5 Å². The summed E-state index contributed by atoms with van der Waals surface area (Å²) >= 11 is 0. The largest absolute Gasteiger partial charge is 0.493 e. The third kappa shape index (κ3) is 4.76. The number of ether oxygens (including phenoxy) is 3. The standard InChI is InChI=1S/C13H19NO5/c1-17-5-6-19-11-4-3-9(7-12(11)18-2)10(14)8-13(15)16/h3-4,7,10H,5-6,8,14H2,1-2H3,(H,15,16)/t10-/m1/s1. The highest BCUT2D eigenvalue weighted by molar-refractivity contribution is 5.68. The highest BCUT2D eigenvalue weighted by atomic mass is 16.5. The Bertz CT molecular complexity index is 421. The van der Waals surface area contributed by atoms with Crippen molar-refractivity contribution >= 4 is 5.97 Å². The molecule has 0 fully saturated rings. The predicted molar refractivity (Wildman–Crippen MR) is 69.5 cm³/mol. The van der Waals surface area contributed by atoms with Crippen LogP contribution in [0.3, 0.4) is 0 Å². The number of aliphatic carboxylic acids is 1. The second kappa shape index (κ2) is 7.60. The average Bonchev–Trinajstić information content (AvgIpc) is 2.38. The fraction of sp³-hybridized carbons (Fsp3) is 0.462. The Morgan fingerprint density at radius 2 is 2.05 bits per heavy atom. The van der Waals surface area contributed by atoms with Crippen molar-refractivity contribution in [1.29, 1.82) is 0 Å². The minimum atomic E-state index is -0.938. The molecule has 0 aromatic heterocycles. The lowest BCUT2D eigenvalue weighted by molar-refractivity contribution is -0.137. The molecular formula is C13H19NO5. The summed E-state index contributed by atoms with van der Waals surface area (Å²) < 4.78 is 15.6. The zero-order valence-corrected chi connectivity index (χ0v) is 11.1. The van der Waals surface area contributed by atoms with Gasteiger partial charge in [0.2, 0.25) is 0 Å². The minimum absolute atomic E-state index is 0.132. The van der Waals surface area contributed by atoms with E-state index in [0.29, 0.717) is 30.3 Å². The normalized spacial score (nSPS) is 11.9. The van der Waals surface area contributed by atoms with Crippen LogP contribution in [0.4, 0.5) is 0 Å². The molecular weight excluding hydrogens is 250 g/mol. The van der Waals surface area contributed by atoms with Gasteiger partial charge in [0.1, 0.15) is 6.61 Å². The molecule has 0 bridgehead atoms. The summed E-state index contributed by atoms with van der Waals surface area (Å²) in [5, 5.41) is 8.72. The number of carboxylic acid groups (broad SMARTS) is 1. The molecule has 1 aromatic carbocycles. The Kier molecular flexibility index (Phi) is 6.11. The van der Waals surface area contributed by atoms with Crippen LogP contribution >= 0.6 is 0 Å². The lowest BCUT2D eigenvalue weighted by Gasteiger charge is -2.14. The highest BCUT2D eigenvalue weighted by Crippen LogP contribution is 2.30. The number of hydrogen-bond acceptors (Lipinski definition) is 5. The Balaban J connectivity index is 2.79. The van der Waals surface area contributed by atoms with Gasteiger partial charge in [-0.05, 0) is 17.7 Å². The number of hydrogen-bond donors (Lipinski definition) is 2. The van der Waals surface area contributed by atoms with Crippen molar-refractivity contribution in [2.24, 2.45) is 5.73 Å². The first kappa shape index (κ1) is 15.3. The maximum atomic E-state index is 10.6. The minimum Gasteiger partial charge on any atom is -0.493 e. The first-order valence-electron chi connectivity index (χ1n) is 5.85. The van der Waals surface area contributed by atoms with Gasteiger partial charge in [-0.2, -0.15) is 0 Å². The van der Waals surface area contributed by atoms with Crippen molar-refractivity contribution in [3.05, 3.63) is 23.8 Å². The third-order valence-corrected chi connectivity index (χ3v) is 2.56. The highest BCUT2D eigenvalue weighted by Gasteiger charge is 2.13. The Hall–Kier alpha value is -1.79. The quantitative estimate of drug-likeness (QED) is 0.689. The van der Waals surface area contributed by atoms with Gasteiger partial charge in [0.15, 0.2) is 11.5 Å². The summed E-state index contributed by atoms with van der Waals surface area (Å²) in [4.78, 5) is 10.6. The molecule has 1 aromatic rings. The third-order valence-electron chi connectivity index (χ3n) is 2.56. The lowest BCUT2D eigenvalue weighted by Crippen LogP contribution is -2.15. The molecule has 0 aliphatic carbocycles. The molecule has 0 saturated heterocycles. The predicted octanol–water partition coefficient (Wildman–Crippen LogP) is 1.19. The summed E-state index contributed by atoms with van der Waals surface area (Å²) in [6.45, 7) is 0.886. The second-order valence-electron chi connectivity index (χ2n) is 3.96. The van der Waals surface area contributed by atoms with Crippen LogP contribution < -0.4 is 15.2 Å². The maximum absolute atomic E-state index is 10.6. The van der Waals surface area contributed by atoms with Crippen LogP contribution in [0.1, 0.15) is 18.0 Å². The number of rotatable bonds is 8. The molecule has 1 rings (SSSR count). The van der Waals surface area contributed by atoms with E-state index >= 15 is 0 Å². The van der Waals surface area contributed by atoms with Gasteiger partial charge in [-0.1, -0.05) is 6.07 Å². The molecule has 0 spiro atoms. The number of carboxylic acids is 1. The molecule has 106 valence electrons. The van der Waals surface area contributed by atoms with Crippen LogP contribution in [0, 0.1) is 0 Å². The van der Waals surface area contributed by atoms with Crippen molar-refractivity contribution in [3.8, 4) is 11.5 Å². The molecule has 0 heterocycles. The first-order valence-corrected chi connectivity index (χ1v) is 5.85. The monoisotopic (exact) mass is 269 g/mol. The van der Waals surface area contributed by atoms with Gasteiger partial charge >= 0.3 is 5.97 Å². The van der Waals surface area contributed by atoms with E-state index in [1.807, 2.05) is 0 Å². The first-order chi connectivity index (χ1) is 9.08. The molecule has 0 saturated carbocycles. The van der Waals surface area contributed by atoms with Crippen LogP contribution in [-0.2, 0) is 9.53 Å². The van der Waals surface area contributed by atoms with E-state index in [9.17, 15) is 4.79 Å². The van der Waals surface area contributed by atoms with Crippen LogP contribution in [0.5, 0.6) is 11.5 Å². The average molecular weight is 269 g/mol. The van der Waals surface area contributed by atoms with Crippen LogP contribution in [0.15, 0.2) is 18.2 Å². The SMILES string of the molecule is COCCOc1ccc([C@H](N)CC(=O)O)cc1OC. The molecule has 0 aliphatic rings. The lowest BCUT2D eigenvalue weighted by atomic mass is 10.0. The number of carbonyl (C=O) groups is 1. The van der Waals surface area contributed by atoms with Gasteiger partial charge in [0.25, 0.3) is 0 Å². The molecule has 0 unspecified atom stereocenters. The summed E-state index contributed by atoms with van der Waals surface area (Å²) in [5.74, 6) is 0.159. The number of benzene rings is 1. The topological polar surface area (TPSA) is 91.0 Å². The van der Waals surface area contributed by atoms with Gasteiger partial charge in [-0.15, -0.1) is 0 Å². The summed E-state index contributed by atoms with van der Waals surface area (Å²) in [6.07, 6.45) is -0.132.